The number of aromatic carboxylic acids is 1. The number of nitrogens with one attached hydrogen (secondary N) is 1. The number of esters is 1. The molecule has 0 spiro atoms. The summed E-state index contributed by atoms with van der Waals surface area (Å²) in [6, 6.07) is 8.26. The van der Waals surface area contributed by atoms with Crippen LogP contribution in [0.2, 0.25) is 0 Å². The Morgan fingerprint density at radius 3 is 2.47 bits per heavy atom. The van der Waals surface area contributed by atoms with Gasteiger partial charge in [0.2, 0.25) is 0 Å². The Hall–Kier alpha value is -2.50. The Labute approximate surface area is 195 Å². The summed E-state index contributed by atoms with van der Waals surface area (Å²) in [5, 5.41) is 12.3. The average Bonchev–Trinajstić information content (AvgIpc) is 2.72. The molecule has 0 fully saturated rings. The van der Waals surface area contributed by atoms with Gasteiger partial charge in [0, 0.05) is 15.9 Å². The topological polar surface area (TPSA) is 78.9 Å². The van der Waals surface area contributed by atoms with Gasteiger partial charge in [0.1, 0.15) is 5.50 Å². The van der Waals surface area contributed by atoms with E-state index in [1.54, 1.807) is 13.0 Å². The molecule has 0 radical (unpaired) electrons. The van der Waals surface area contributed by atoms with Gasteiger partial charge in [0.25, 0.3) is 0 Å². The number of rotatable bonds is 4. The highest BCUT2D eigenvalue weighted by Crippen LogP contribution is 2.40. The lowest BCUT2D eigenvalue weighted by molar-refractivity contribution is -0.138. The number of thiol groups is 1. The van der Waals surface area contributed by atoms with Crippen LogP contribution in [0.4, 0.5) is 18.9 Å². The fourth-order valence-electron chi connectivity index (χ4n) is 3.51. The maximum Gasteiger partial charge on any atom is 0.416 e. The molecule has 0 bridgehead atoms. The lowest BCUT2D eigenvalue weighted by Crippen LogP contribution is -2.49. The fourth-order valence-corrected chi connectivity index (χ4v) is 4.57. The van der Waals surface area contributed by atoms with Crippen molar-refractivity contribution in [1.29, 1.82) is 0 Å². The van der Waals surface area contributed by atoms with E-state index in [1.165, 1.54) is 36.3 Å². The largest absolute Gasteiger partial charge is 0.478 e. The van der Waals surface area contributed by atoms with Gasteiger partial charge in [-0.2, -0.15) is 13.2 Å². The molecule has 2 N–H and O–H groups in total. The SMILES string of the molecule is COC(=O)C1=C(C)N(c2cccc(C(F)(F)F)c2)[C@@H](S)N[C@@H]1c1ccc(C(=O)O)cc1Br. The number of allylic oxidation sites excluding steroid dienone is 1. The summed E-state index contributed by atoms with van der Waals surface area (Å²) >= 11 is 7.85. The van der Waals surface area contributed by atoms with Crippen molar-refractivity contribution in [3.05, 3.63) is 74.9 Å². The van der Waals surface area contributed by atoms with E-state index < -0.39 is 35.2 Å². The first-order valence-electron chi connectivity index (χ1n) is 9.18. The summed E-state index contributed by atoms with van der Waals surface area (Å²) in [5.41, 5.74) is -0.375. The highest BCUT2D eigenvalue weighted by atomic mass is 79.9. The van der Waals surface area contributed by atoms with Crippen molar-refractivity contribution < 1.29 is 32.6 Å². The van der Waals surface area contributed by atoms with Gasteiger partial charge in [0.15, 0.2) is 0 Å². The summed E-state index contributed by atoms with van der Waals surface area (Å²) < 4.78 is 45.0. The normalized spacial score (nSPS) is 19.2. The second kappa shape index (κ2) is 9.16. The van der Waals surface area contributed by atoms with E-state index in [-0.39, 0.29) is 16.8 Å². The van der Waals surface area contributed by atoms with Crippen LogP contribution in [0.15, 0.2) is 58.2 Å². The third-order valence-electron chi connectivity index (χ3n) is 5.02. The Morgan fingerprint density at radius 1 is 1.22 bits per heavy atom. The number of ether oxygens (including phenoxy) is 1. The molecule has 1 heterocycles. The monoisotopic (exact) mass is 530 g/mol. The average molecular weight is 531 g/mol. The summed E-state index contributed by atoms with van der Waals surface area (Å²) in [6.07, 6.45) is -4.53. The van der Waals surface area contributed by atoms with Crippen LogP contribution in [0, 0.1) is 0 Å². The predicted molar refractivity (Wildman–Crippen MR) is 118 cm³/mol. The molecule has 11 heteroatoms. The molecular formula is C21H18BrF3N2O4S. The maximum atomic E-state index is 13.2. The van der Waals surface area contributed by atoms with E-state index in [0.717, 1.165) is 12.1 Å². The molecule has 1 aliphatic rings. The van der Waals surface area contributed by atoms with Gasteiger partial charge in [-0.15, -0.1) is 12.6 Å². The molecule has 32 heavy (non-hydrogen) atoms. The zero-order valence-electron chi connectivity index (χ0n) is 16.8. The number of halogens is 4. The number of carboxylic acids is 1. The second-order valence-corrected chi connectivity index (χ2v) is 8.27. The van der Waals surface area contributed by atoms with Gasteiger partial charge < -0.3 is 14.7 Å². The van der Waals surface area contributed by atoms with Gasteiger partial charge in [-0.25, -0.2) is 9.59 Å². The number of benzene rings is 2. The van der Waals surface area contributed by atoms with Crippen molar-refractivity contribution in [3.63, 3.8) is 0 Å². The highest BCUT2D eigenvalue weighted by molar-refractivity contribution is 9.10. The smallest absolute Gasteiger partial charge is 0.416 e. The molecule has 0 aliphatic carbocycles. The molecule has 0 amide bonds. The van der Waals surface area contributed by atoms with Crippen LogP contribution in [0.3, 0.4) is 0 Å². The van der Waals surface area contributed by atoms with Crippen LogP contribution in [0.25, 0.3) is 0 Å². The number of alkyl halides is 3. The maximum absolute atomic E-state index is 13.2. The molecule has 3 rings (SSSR count). The van der Waals surface area contributed by atoms with E-state index in [0.29, 0.717) is 15.7 Å². The van der Waals surface area contributed by atoms with Crippen molar-refractivity contribution in [2.24, 2.45) is 0 Å². The van der Waals surface area contributed by atoms with E-state index >= 15 is 0 Å². The summed E-state index contributed by atoms with van der Waals surface area (Å²) in [5.74, 6) is -1.80. The lowest BCUT2D eigenvalue weighted by Gasteiger charge is -2.41. The van der Waals surface area contributed by atoms with Gasteiger partial charge in [-0.1, -0.05) is 28.1 Å². The minimum absolute atomic E-state index is 0.0461. The molecular weight excluding hydrogens is 513 g/mol. The zero-order valence-corrected chi connectivity index (χ0v) is 19.3. The lowest BCUT2D eigenvalue weighted by atomic mass is 9.94. The molecule has 2 aromatic carbocycles. The van der Waals surface area contributed by atoms with Gasteiger partial charge >= 0.3 is 18.1 Å². The van der Waals surface area contributed by atoms with E-state index in [2.05, 4.69) is 33.9 Å². The molecule has 0 saturated heterocycles. The van der Waals surface area contributed by atoms with Crippen molar-refractivity contribution in [2.45, 2.75) is 24.6 Å². The van der Waals surface area contributed by atoms with Gasteiger partial charge in [-0.3, -0.25) is 5.32 Å². The number of methoxy groups -OCH3 is 1. The number of carbonyl (C=O) groups is 2. The van der Waals surface area contributed by atoms with Crippen LogP contribution in [0.5, 0.6) is 0 Å². The zero-order chi connectivity index (χ0) is 23.8. The molecule has 0 aromatic heterocycles. The number of anilines is 1. The van der Waals surface area contributed by atoms with Crippen molar-refractivity contribution in [1.82, 2.24) is 5.32 Å². The van der Waals surface area contributed by atoms with Crippen molar-refractivity contribution >= 4 is 46.2 Å². The number of hydrogen-bond donors (Lipinski definition) is 3. The predicted octanol–water partition coefficient (Wildman–Crippen LogP) is 4.98. The molecule has 6 nitrogen and oxygen atoms in total. The second-order valence-electron chi connectivity index (χ2n) is 6.92. The van der Waals surface area contributed by atoms with Crippen LogP contribution in [-0.2, 0) is 15.7 Å². The van der Waals surface area contributed by atoms with Crippen LogP contribution in [0.1, 0.15) is 34.5 Å². The van der Waals surface area contributed by atoms with E-state index in [9.17, 15) is 27.9 Å². The summed E-state index contributed by atoms with van der Waals surface area (Å²) in [6.45, 7) is 1.59. The Bertz CT molecular complexity index is 1110. The number of hydrogen-bond acceptors (Lipinski definition) is 6. The van der Waals surface area contributed by atoms with Crippen LogP contribution >= 0.6 is 28.6 Å². The minimum Gasteiger partial charge on any atom is -0.478 e. The molecule has 2 aromatic rings. The van der Waals surface area contributed by atoms with Gasteiger partial charge in [0.05, 0.1) is 29.9 Å². The van der Waals surface area contributed by atoms with E-state index in [1.807, 2.05) is 0 Å². The summed E-state index contributed by atoms with van der Waals surface area (Å²) in [4.78, 5) is 25.4. The third-order valence-corrected chi connectivity index (χ3v) is 6.08. The highest BCUT2D eigenvalue weighted by Gasteiger charge is 2.38. The summed E-state index contributed by atoms with van der Waals surface area (Å²) in [7, 11) is 1.20. The minimum atomic E-state index is -4.53. The number of nitrogens with zero attached hydrogens (tertiary/aromatic N) is 1. The first-order chi connectivity index (χ1) is 15.0. The number of carboxylic acid groups (broad SMARTS) is 1. The molecule has 170 valence electrons. The molecule has 0 saturated carbocycles. The molecule has 0 unspecified atom stereocenters. The molecule has 1 aliphatic heterocycles. The van der Waals surface area contributed by atoms with Gasteiger partial charge in [-0.05, 0) is 42.8 Å². The van der Waals surface area contributed by atoms with Crippen LogP contribution < -0.4 is 10.2 Å². The Morgan fingerprint density at radius 2 is 1.91 bits per heavy atom. The Balaban J connectivity index is 2.14. The quantitative estimate of drug-likeness (QED) is 0.382. The third kappa shape index (κ3) is 4.64. The van der Waals surface area contributed by atoms with Crippen LogP contribution in [-0.4, -0.2) is 29.7 Å². The van der Waals surface area contributed by atoms with Crippen molar-refractivity contribution in [2.75, 3.05) is 12.0 Å². The number of carbonyl (C=O) groups excluding carboxylic acids is 1. The molecule has 2 atom stereocenters. The van der Waals surface area contributed by atoms with E-state index in [4.69, 9.17) is 4.74 Å². The van der Waals surface area contributed by atoms with Crippen molar-refractivity contribution in [3.8, 4) is 0 Å². The Kier molecular flexibility index (Phi) is 6.91. The first kappa shape index (κ1) is 24.1. The fraction of sp³-hybridized carbons (Fsp3) is 0.238. The standard InChI is InChI=1S/C21H18BrF3N2O4S/c1-10-16(19(30)31-2)17(14-7-6-11(18(28)29)8-15(14)22)26-20(32)27(10)13-5-3-4-12(9-13)21(23,24)25/h3-9,17,20,26,32H,1-2H3,(H,28,29)/t17-,20+/m1/s1. The first-order valence-corrected chi connectivity index (χ1v) is 10.5.